The van der Waals surface area contributed by atoms with E-state index in [1.54, 1.807) is 0 Å². The van der Waals surface area contributed by atoms with E-state index < -0.39 is 0 Å². The average molecular weight is 245 g/mol. The van der Waals surface area contributed by atoms with Gasteiger partial charge in [0.25, 0.3) is 0 Å². The number of likely N-dealkylation sites (tertiary alicyclic amines) is 1. The number of rotatable bonds is 5. The minimum absolute atomic E-state index is 0.846. The Balaban J connectivity index is 1.56. The van der Waals surface area contributed by atoms with Gasteiger partial charge in [-0.05, 0) is 43.4 Å². The summed E-state index contributed by atoms with van der Waals surface area (Å²) in [7, 11) is 0. The SMILES string of the molecule is CCNCc1ccc(CN2CC3CCC2C3)nc1. The van der Waals surface area contributed by atoms with Gasteiger partial charge in [-0.15, -0.1) is 0 Å². The third kappa shape index (κ3) is 2.57. The quantitative estimate of drug-likeness (QED) is 0.862. The van der Waals surface area contributed by atoms with E-state index in [2.05, 4.69) is 34.3 Å². The molecule has 0 aromatic carbocycles. The van der Waals surface area contributed by atoms with Gasteiger partial charge in [0.2, 0.25) is 0 Å². The van der Waals surface area contributed by atoms with Crippen molar-refractivity contribution in [3.8, 4) is 0 Å². The molecule has 0 radical (unpaired) electrons. The second-order valence-electron chi connectivity index (χ2n) is 5.70. The summed E-state index contributed by atoms with van der Waals surface area (Å²) in [5.74, 6) is 0.975. The van der Waals surface area contributed by atoms with E-state index in [4.69, 9.17) is 0 Å². The van der Waals surface area contributed by atoms with Crippen molar-refractivity contribution >= 4 is 0 Å². The maximum absolute atomic E-state index is 4.60. The van der Waals surface area contributed by atoms with Gasteiger partial charge in [-0.1, -0.05) is 13.0 Å². The first kappa shape index (κ1) is 12.1. The summed E-state index contributed by atoms with van der Waals surface area (Å²) in [6, 6.07) is 5.25. The molecule has 18 heavy (non-hydrogen) atoms. The highest BCUT2D eigenvalue weighted by Crippen LogP contribution is 2.37. The van der Waals surface area contributed by atoms with Crippen LogP contribution in [0.4, 0.5) is 0 Å². The second kappa shape index (κ2) is 5.37. The summed E-state index contributed by atoms with van der Waals surface area (Å²) in [6.07, 6.45) is 6.31. The number of hydrogen-bond donors (Lipinski definition) is 1. The Kier molecular flexibility index (Phi) is 3.62. The van der Waals surface area contributed by atoms with Crippen LogP contribution in [0.15, 0.2) is 18.3 Å². The summed E-state index contributed by atoms with van der Waals surface area (Å²) in [6.45, 7) is 6.41. The molecule has 3 rings (SSSR count). The van der Waals surface area contributed by atoms with Crippen LogP contribution in [-0.4, -0.2) is 29.0 Å². The predicted octanol–water partition coefficient (Wildman–Crippen LogP) is 2.18. The van der Waals surface area contributed by atoms with Crippen LogP contribution in [0.2, 0.25) is 0 Å². The van der Waals surface area contributed by atoms with Crippen LogP contribution < -0.4 is 5.32 Å². The van der Waals surface area contributed by atoms with E-state index in [-0.39, 0.29) is 0 Å². The molecule has 2 unspecified atom stereocenters. The number of hydrogen-bond acceptors (Lipinski definition) is 3. The zero-order chi connectivity index (χ0) is 12.4. The molecule has 2 bridgehead atoms. The molecule has 1 aromatic heterocycles. The maximum Gasteiger partial charge on any atom is 0.0544 e. The highest BCUT2D eigenvalue weighted by Gasteiger charge is 2.37. The van der Waals surface area contributed by atoms with Crippen LogP contribution in [0.3, 0.4) is 0 Å². The van der Waals surface area contributed by atoms with Crippen molar-refractivity contribution in [3.63, 3.8) is 0 Å². The zero-order valence-corrected chi connectivity index (χ0v) is 11.2. The normalized spacial score (nSPS) is 26.9. The van der Waals surface area contributed by atoms with Crippen LogP contribution in [0.5, 0.6) is 0 Å². The van der Waals surface area contributed by atoms with Crippen LogP contribution in [0, 0.1) is 5.92 Å². The lowest BCUT2D eigenvalue weighted by molar-refractivity contribution is 0.203. The van der Waals surface area contributed by atoms with Gasteiger partial charge in [-0.25, -0.2) is 0 Å². The van der Waals surface area contributed by atoms with Crippen molar-refractivity contribution in [1.29, 1.82) is 0 Å². The number of aromatic nitrogens is 1. The molecule has 2 atom stereocenters. The molecule has 0 amide bonds. The molecule has 1 aliphatic carbocycles. The number of pyridine rings is 1. The van der Waals surface area contributed by atoms with Crippen LogP contribution in [-0.2, 0) is 13.1 Å². The maximum atomic E-state index is 4.60. The number of nitrogens with one attached hydrogen (secondary N) is 1. The average Bonchev–Trinajstić information content (AvgIpc) is 3.00. The fourth-order valence-corrected chi connectivity index (χ4v) is 3.35. The van der Waals surface area contributed by atoms with E-state index >= 15 is 0 Å². The molecule has 1 saturated heterocycles. The van der Waals surface area contributed by atoms with Gasteiger partial charge < -0.3 is 5.32 Å². The standard InChI is InChI=1S/C15H23N3/c1-2-16-8-13-3-5-14(17-9-13)11-18-10-12-4-6-15(18)7-12/h3,5,9,12,15-16H,2,4,6-8,10-11H2,1H3. The fourth-order valence-electron chi connectivity index (χ4n) is 3.35. The van der Waals surface area contributed by atoms with Gasteiger partial charge in [0.15, 0.2) is 0 Å². The Bertz CT molecular complexity index is 387. The molecule has 1 aliphatic heterocycles. The topological polar surface area (TPSA) is 28.2 Å². The van der Waals surface area contributed by atoms with Crippen LogP contribution in [0.1, 0.15) is 37.4 Å². The van der Waals surface area contributed by atoms with Crippen LogP contribution in [0.25, 0.3) is 0 Å². The molecule has 0 spiro atoms. The third-order valence-electron chi connectivity index (χ3n) is 4.35. The molecule has 2 fully saturated rings. The first-order valence-electron chi connectivity index (χ1n) is 7.23. The number of fused-ring (bicyclic) bond motifs is 2. The monoisotopic (exact) mass is 245 g/mol. The van der Waals surface area contributed by atoms with E-state index in [1.165, 1.54) is 37.1 Å². The molecule has 2 aliphatic rings. The highest BCUT2D eigenvalue weighted by atomic mass is 15.2. The lowest BCUT2D eigenvalue weighted by atomic mass is 10.1. The van der Waals surface area contributed by atoms with Gasteiger partial charge in [0.05, 0.1) is 5.69 Å². The number of nitrogens with zero attached hydrogens (tertiary/aromatic N) is 2. The van der Waals surface area contributed by atoms with Crippen molar-refractivity contribution in [2.45, 2.75) is 45.3 Å². The Morgan fingerprint density at radius 1 is 1.39 bits per heavy atom. The van der Waals surface area contributed by atoms with Crippen molar-refractivity contribution in [1.82, 2.24) is 15.2 Å². The fraction of sp³-hybridized carbons (Fsp3) is 0.667. The van der Waals surface area contributed by atoms with Crippen molar-refractivity contribution in [2.75, 3.05) is 13.1 Å². The first-order valence-corrected chi connectivity index (χ1v) is 7.23. The highest BCUT2D eigenvalue weighted by molar-refractivity contribution is 5.14. The molecule has 1 saturated carbocycles. The predicted molar refractivity (Wildman–Crippen MR) is 73.2 cm³/mol. The van der Waals surface area contributed by atoms with E-state index in [0.717, 1.165) is 31.6 Å². The summed E-state index contributed by atoms with van der Waals surface area (Å²) >= 11 is 0. The minimum atomic E-state index is 0.846. The van der Waals surface area contributed by atoms with Crippen LogP contribution >= 0.6 is 0 Å². The molecule has 1 aromatic rings. The van der Waals surface area contributed by atoms with Crippen molar-refractivity contribution < 1.29 is 0 Å². The lowest BCUT2D eigenvalue weighted by Gasteiger charge is -2.26. The van der Waals surface area contributed by atoms with E-state index in [1.807, 2.05) is 6.20 Å². The molecule has 1 N–H and O–H groups in total. The lowest BCUT2D eigenvalue weighted by Crippen LogP contribution is -2.31. The van der Waals surface area contributed by atoms with Gasteiger partial charge in [0, 0.05) is 31.9 Å². The van der Waals surface area contributed by atoms with Gasteiger partial charge >= 0.3 is 0 Å². The molecule has 3 heteroatoms. The third-order valence-corrected chi connectivity index (χ3v) is 4.35. The van der Waals surface area contributed by atoms with Crippen molar-refractivity contribution in [2.24, 2.45) is 5.92 Å². The summed E-state index contributed by atoms with van der Waals surface area (Å²) in [4.78, 5) is 7.22. The summed E-state index contributed by atoms with van der Waals surface area (Å²) in [5, 5.41) is 3.33. The van der Waals surface area contributed by atoms with E-state index in [9.17, 15) is 0 Å². The Morgan fingerprint density at radius 3 is 2.94 bits per heavy atom. The molecular weight excluding hydrogens is 222 g/mol. The van der Waals surface area contributed by atoms with Gasteiger partial charge in [0.1, 0.15) is 0 Å². The van der Waals surface area contributed by atoms with Crippen molar-refractivity contribution in [3.05, 3.63) is 29.6 Å². The first-order chi connectivity index (χ1) is 8.85. The molecule has 2 heterocycles. The largest absolute Gasteiger partial charge is 0.313 e. The van der Waals surface area contributed by atoms with Gasteiger partial charge in [-0.2, -0.15) is 0 Å². The Hall–Kier alpha value is -0.930. The minimum Gasteiger partial charge on any atom is -0.313 e. The second-order valence-corrected chi connectivity index (χ2v) is 5.70. The Labute approximate surface area is 110 Å². The van der Waals surface area contributed by atoms with Gasteiger partial charge in [-0.3, -0.25) is 9.88 Å². The summed E-state index contributed by atoms with van der Waals surface area (Å²) in [5.41, 5.74) is 2.51. The zero-order valence-electron chi connectivity index (χ0n) is 11.2. The Morgan fingerprint density at radius 2 is 2.33 bits per heavy atom. The van der Waals surface area contributed by atoms with E-state index in [0.29, 0.717) is 0 Å². The smallest absolute Gasteiger partial charge is 0.0544 e. The molecular formula is C15H23N3. The molecule has 3 nitrogen and oxygen atoms in total. The summed E-state index contributed by atoms with van der Waals surface area (Å²) < 4.78 is 0. The number of piperidine rings is 1. The molecule has 98 valence electrons.